The van der Waals surface area contributed by atoms with Gasteiger partial charge in [-0.2, -0.15) is 0 Å². The highest BCUT2D eigenvalue weighted by molar-refractivity contribution is 6.10. The minimum absolute atomic E-state index is 0.112. The van der Waals surface area contributed by atoms with E-state index in [-0.39, 0.29) is 5.96 Å². The zero-order valence-electron chi connectivity index (χ0n) is 13.4. The molecule has 8 nitrogen and oxygen atoms in total. The molecule has 2 amide bonds. The summed E-state index contributed by atoms with van der Waals surface area (Å²) < 4.78 is 5.26. The average molecular weight is 321 g/mol. The molecule has 2 N–H and O–H groups in total. The number of amides is 2. The number of carbonyl (C=O) groups is 4. The van der Waals surface area contributed by atoms with E-state index >= 15 is 0 Å². The molecule has 0 saturated carbocycles. The van der Waals surface area contributed by atoms with Crippen LogP contribution < -0.4 is 10.6 Å². The molecule has 0 aromatic carbocycles. The topological polar surface area (TPSA) is 114 Å². The number of ether oxygens (including phenoxy) is 1. The molecule has 1 heterocycles. The summed E-state index contributed by atoms with van der Waals surface area (Å²) >= 11 is 0. The van der Waals surface area contributed by atoms with Crippen LogP contribution in [0.15, 0.2) is 16.6 Å². The second-order valence-corrected chi connectivity index (χ2v) is 5.81. The van der Waals surface area contributed by atoms with Crippen molar-refractivity contribution in [1.82, 2.24) is 10.6 Å². The molecule has 23 heavy (non-hydrogen) atoms. The van der Waals surface area contributed by atoms with Gasteiger partial charge in [0.25, 0.3) is 0 Å². The van der Waals surface area contributed by atoms with Crippen molar-refractivity contribution in [1.29, 1.82) is 0 Å². The Morgan fingerprint density at radius 1 is 1.35 bits per heavy atom. The molecule has 0 aromatic rings. The largest absolute Gasteiger partial charge is 0.455 e. The average Bonchev–Trinajstić information content (AvgIpc) is 2.38. The van der Waals surface area contributed by atoms with Crippen LogP contribution in [0.3, 0.4) is 0 Å². The summed E-state index contributed by atoms with van der Waals surface area (Å²) in [6.07, 6.45) is 0.957. The molecule has 2 aliphatic rings. The molecule has 0 radical (unpaired) electrons. The lowest BCUT2D eigenvalue weighted by atomic mass is 9.68. The second-order valence-electron chi connectivity index (χ2n) is 5.81. The first-order valence-corrected chi connectivity index (χ1v) is 7.20. The first-order chi connectivity index (χ1) is 10.7. The highest BCUT2D eigenvalue weighted by Crippen LogP contribution is 2.41. The summed E-state index contributed by atoms with van der Waals surface area (Å²) in [5.74, 6) is -2.78. The lowest BCUT2D eigenvalue weighted by Crippen LogP contribution is -2.65. The molecular weight excluding hydrogens is 302 g/mol. The van der Waals surface area contributed by atoms with E-state index in [0.717, 1.165) is 5.57 Å². The fraction of sp³-hybridized carbons (Fsp3) is 0.533. The fourth-order valence-corrected chi connectivity index (χ4v) is 3.03. The molecular formula is C15H19N3O5. The third-order valence-corrected chi connectivity index (χ3v) is 3.93. The van der Waals surface area contributed by atoms with Gasteiger partial charge in [-0.3, -0.25) is 29.8 Å². The van der Waals surface area contributed by atoms with Gasteiger partial charge in [0.15, 0.2) is 17.4 Å². The van der Waals surface area contributed by atoms with Crippen molar-refractivity contribution < 1.29 is 23.9 Å². The maximum absolute atomic E-state index is 12.4. The van der Waals surface area contributed by atoms with Crippen LogP contribution in [-0.2, 0) is 23.9 Å². The number of aliphatic imine (C=N–C) groups is 1. The van der Waals surface area contributed by atoms with Crippen molar-refractivity contribution in [3.8, 4) is 0 Å². The maximum Gasteiger partial charge on any atom is 0.303 e. The number of hydrogen-bond donors (Lipinski definition) is 2. The molecule has 0 bridgehead atoms. The smallest absolute Gasteiger partial charge is 0.303 e. The lowest BCUT2D eigenvalue weighted by Gasteiger charge is -2.44. The summed E-state index contributed by atoms with van der Waals surface area (Å²) in [5.41, 5.74) is -0.739. The standard InChI is InChI=1S/C15H19N3O5/c1-7-5-11-13(22)17-14(16-9(3)20)18-15(11,8(2)19)12(6-7)23-10(4)21/h6,11-12H,5H2,1-4H3,(H2,16,17,18,20,22)/t11-,12-,15+/m1/s1. The molecule has 1 aliphatic carbocycles. The van der Waals surface area contributed by atoms with Crippen LogP contribution in [0.4, 0.5) is 0 Å². The van der Waals surface area contributed by atoms with E-state index in [1.807, 2.05) is 0 Å². The Balaban J connectivity index is 2.61. The van der Waals surface area contributed by atoms with Crippen molar-refractivity contribution in [2.75, 3.05) is 0 Å². The third-order valence-electron chi connectivity index (χ3n) is 3.93. The summed E-state index contributed by atoms with van der Waals surface area (Å²) in [5, 5.41) is 4.86. The first-order valence-electron chi connectivity index (χ1n) is 7.20. The number of allylic oxidation sites excluding steroid dienone is 1. The molecule has 0 fully saturated rings. The van der Waals surface area contributed by atoms with Gasteiger partial charge in [-0.05, 0) is 26.3 Å². The van der Waals surface area contributed by atoms with Crippen LogP contribution in [-0.4, -0.2) is 41.2 Å². The van der Waals surface area contributed by atoms with Crippen LogP contribution in [0, 0.1) is 5.92 Å². The minimum atomic E-state index is -1.56. The van der Waals surface area contributed by atoms with Gasteiger partial charge in [-0.1, -0.05) is 5.57 Å². The van der Waals surface area contributed by atoms with Gasteiger partial charge in [0.2, 0.25) is 17.8 Å². The van der Waals surface area contributed by atoms with Gasteiger partial charge in [-0.15, -0.1) is 0 Å². The number of rotatable bonds is 2. The normalized spacial score (nSPS) is 29.5. The number of nitrogens with one attached hydrogen (secondary N) is 2. The van der Waals surface area contributed by atoms with E-state index in [9.17, 15) is 19.2 Å². The number of guanidine groups is 1. The van der Waals surface area contributed by atoms with Gasteiger partial charge in [0.05, 0.1) is 5.92 Å². The van der Waals surface area contributed by atoms with Crippen molar-refractivity contribution in [2.24, 2.45) is 10.9 Å². The van der Waals surface area contributed by atoms with Crippen molar-refractivity contribution in [2.45, 2.75) is 45.8 Å². The van der Waals surface area contributed by atoms with E-state index in [1.54, 1.807) is 13.0 Å². The van der Waals surface area contributed by atoms with E-state index in [2.05, 4.69) is 15.6 Å². The number of Topliss-reactive ketones (excluding diaryl/α,β-unsaturated/α-hetero) is 1. The van der Waals surface area contributed by atoms with Gasteiger partial charge < -0.3 is 4.74 Å². The van der Waals surface area contributed by atoms with Crippen molar-refractivity contribution in [3.63, 3.8) is 0 Å². The maximum atomic E-state index is 12.4. The summed E-state index contributed by atoms with van der Waals surface area (Å²) in [4.78, 5) is 51.8. The first kappa shape index (κ1) is 16.9. The number of fused-ring (bicyclic) bond motifs is 1. The minimum Gasteiger partial charge on any atom is -0.455 e. The Kier molecular flexibility index (Phi) is 4.35. The molecule has 0 unspecified atom stereocenters. The Hall–Kier alpha value is -2.51. The summed E-state index contributed by atoms with van der Waals surface area (Å²) in [6.45, 7) is 5.57. The van der Waals surface area contributed by atoms with Crippen LogP contribution in [0.2, 0.25) is 0 Å². The molecule has 3 atom stereocenters. The quantitative estimate of drug-likeness (QED) is 0.541. The summed E-state index contributed by atoms with van der Waals surface area (Å²) in [6, 6.07) is 0. The van der Waals surface area contributed by atoms with Crippen LogP contribution in [0.5, 0.6) is 0 Å². The van der Waals surface area contributed by atoms with Gasteiger partial charge in [-0.25, -0.2) is 4.99 Å². The van der Waals surface area contributed by atoms with E-state index < -0.39 is 41.1 Å². The highest BCUT2D eigenvalue weighted by atomic mass is 16.5. The van der Waals surface area contributed by atoms with Gasteiger partial charge >= 0.3 is 5.97 Å². The molecule has 124 valence electrons. The van der Waals surface area contributed by atoms with Gasteiger partial charge in [0, 0.05) is 13.8 Å². The number of ketones is 1. The van der Waals surface area contributed by atoms with Crippen molar-refractivity contribution in [3.05, 3.63) is 11.6 Å². The molecule has 0 aromatic heterocycles. The monoisotopic (exact) mass is 321 g/mol. The Morgan fingerprint density at radius 3 is 2.52 bits per heavy atom. The highest BCUT2D eigenvalue weighted by Gasteiger charge is 2.58. The van der Waals surface area contributed by atoms with E-state index in [0.29, 0.717) is 6.42 Å². The Labute approximate surface area is 133 Å². The zero-order chi connectivity index (χ0) is 17.4. The predicted molar refractivity (Wildman–Crippen MR) is 80.2 cm³/mol. The number of carbonyl (C=O) groups excluding carboxylic acids is 4. The molecule has 8 heteroatoms. The third kappa shape index (κ3) is 3.01. The summed E-state index contributed by atoms with van der Waals surface area (Å²) in [7, 11) is 0. The zero-order valence-corrected chi connectivity index (χ0v) is 13.4. The Bertz CT molecular complexity index is 651. The molecule has 0 spiro atoms. The fourth-order valence-electron chi connectivity index (χ4n) is 3.03. The SMILES string of the molecule is CC(=O)NC1=N[C@@]2(C(C)=O)[C@H](CC(C)=C[C@H]2OC(C)=O)C(=O)N1. The van der Waals surface area contributed by atoms with Gasteiger partial charge in [0.1, 0.15) is 0 Å². The second kappa shape index (κ2) is 5.94. The molecule has 2 rings (SSSR count). The number of nitrogens with zero attached hydrogens (tertiary/aromatic N) is 1. The Morgan fingerprint density at radius 2 is 2.00 bits per heavy atom. The predicted octanol–water partition coefficient (Wildman–Crippen LogP) is -0.166. The van der Waals surface area contributed by atoms with E-state index in [4.69, 9.17) is 4.74 Å². The van der Waals surface area contributed by atoms with Crippen molar-refractivity contribution >= 4 is 29.5 Å². The molecule has 0 saturated heterocycles. The number of hydrogen-bond acceptors (Lipinski definition) is 6. The molecule has 1 aliphatic heterocycles. The van der Waals surface area contributed by atoms with Crippen LogP contribution in [0.25, 0.3) is 0 Å². The van der Waals surface area contributed by atoms with E-state index in [1.165, 1.54) is 20.8 Å². The number of esters is 1. The van der Waals surface area contributed by atoms with Crippen LogP contribution >= 0.6 is 0 Å². The van der Waals surface area contributed by atoms with Crippen LogP contribution in [0.1, 0.15) is 34.1 Å². The lowest BCUT2D eigenvalue weighted by molar-refractivity contribution is -0.154.